The van der Waals surface area contributed by atoms with Crippen molar-refractivity contribution in [3.8, 4) is 0 Å². The van der Waals surface area contributed by atoms with Crippen molar-refractivity contribution in [1.82, 2.24) is 0 Å². The lowest BCUT2D eigenvalue weighted by Crippen LogP contribution is -2.10. The molecule has 0 aliphatic heterocycles. The monoisotopic (exact) mass is 341 g/mol. The fourth-order valence-electron chi connectivity index (χ4n) is 2.05. The molecule has 0 atom stereocenters. The highest BCUT2D eigenvalue weighted by molar-refractivity contribution is 6.02. The molecule has 4 nitrogen and oxygen atoms in total. The maximum Gasteiger partial charge on any atom is 0.338 e. The van der Waals surface area contributed by atoms with E-state index in [9.17, 15) is 14.0 Å². The van der Waals surface area contributed by atoms with Crippen molar-refractivity contribution in [2.45, 2.75) is 19.8 Å². The first-order valence-electron chi connectivity index (χ1n) is 8.10. The molecule has 1 N–H and O–H groups in total. The largest absolute Gasteiger partial charge is 0.462 e. The lowest BCUT2D eigenvalue weighted by molar-refractivity contribution is -0.111. The summed E-state index contributed by atoms with van der Waals surface area (Å²) in [5, 5.41) is 2.68. The summed E-state index contributed by atoms with van der Waals surface area (Å²) in [6, 6.07) is 12.4. The van der Waals surface area contributed by atoms with Gasteiger partial charge in [-0.1, -0.05) is 31.5 Å². The van der Waals surface area contributed by atoms with Gasteiger partial charge in [-0.05, 0) is 48.4 Å². The maximum absolute atomic E-state index is 12.8. The summed E-state index contributed by atoms with van der Waals surface area (Å²) in [7, 11) is 0. The molecule has 0 aliphatic rings. The minimum Gasteiger partial charge on any atom is -0.462 e. The van der Waals surface area contributed by atoms with Crippen molar-refractivity contribution in [3.63, 3.8) is 0 Å². The van der Waals surface area contributed by atoms with Crippen LogP contribution in [0.25, 0.3) is 6.08 Å². The lowest BCUT2D eigenvalue weighted by atomic mass is 10.2. The topological polar surface area (TPSA) is 55.4 Å². The number of hydrogen-bond acceptors (Lipinski definition) is 3. The number of carbonyl (C=O) groups excluding carboxylic acids is 2. The third kappa shape index (κ3) is 6.22. The smallest absolute Gasteiger partial charge is 0.338 e. The zero-order valence-electron chi connectivity index (χ0n) is 14.0. The normalized spacial score (nSPS) is 10.6. The summed E-state index contributed by atoms with van der Waals surface area (Å²) in [5.74, 6) is -1.09. The lowest BCUT2D eigenvalue weighted by Gasteiger charge is -2.06. The Hall–Kier alpha value is -2.95. The number of hydrogen-bond donors (Lipinski definition) is 1. The number of ether oxygens (including phenoxy) is 1. The molecule has 0 aromatic heterocycles. The molecule has 2 aromatic rings. The van der Waals surface area contributed by atoms with Gasteiger partial charge in [-0.25, -0.2) is 9.18 Å². The number of amides is 1. The Balaban J connectivity index is 1.95. The van der Waals surface area contributed by atoms with E-state index < -0.39 is 5.97 Å². The number of benzene rings is 2. The molecular weight excluding hydrogens is 321 g/mol. The molecule has 0 saturated heterocycles. The van der Waals surface area contributed by atoms with Crippen molar-refractivity contribution in [2.75, 3.05) is 11.9 Å². The summed E-state index contributed by atoms with van der Waals surface area (Å²) in [5.41, 5.74) is 1.60. The highest BCUT2D eigenvalue weighted by Gasteiger charge is 2.08. The van der Waals surface area contributed by atoms with Crippen LogP contribution in [-0.4, -0.2) is 18.5 Å². The summed E-state index contributed by atoms with van der Waals surface area (Å²) < 4.78 is 18.0. The predicted octanol–water partition coefficient (Wildman–Crippen LogP) is 4.43. The fraction of sp³-hybridized carbons (Fsp3) is 0.200. The molecule has 0 radical (unpaired) electrons. The van der Waals surface area contributed by atoms with Crippen molar-refractivity contribution >= 4 is 23.6 Å². The van der Waals surface area contributed by atoms with Gasteiger partial charge in [0, 0.05) is 11.8 Å². The van der Waals surface area contributed by atoms with E-state index in [2.05, 4.69) is 5.32 Å². The zero-order chi connectivity index (χ0) is 18.1. The Morgan fingerprint density at radius 3 is 2.64 bits per heavy atom. The first-order valence-corrected chi connectivity index (χ1v) is 8.10. The molecule has 0 unspecified atom stereocenters. The van der Waals surface area contributed by atoms with Gasteiger partial charge < -0.3 is 10.1 Å². The molecule has 0 bridgehead atoms. The van der Waals surface area contributed by atoms with Crippen LogP contribution in [0.1, 0.15) is 35.7 Å². The number of unbranched alkanes of at least 4 members (excludes halogenated alkanes) is 1. The van der Waals surface area contributed by atoms with E-state index >= 15 is 0 Å². The van der Waals surface area contributed by atoms with Gasteiger partial charge in [-0.2, -0.15) is 0 Å². The highest BCUT2D eigenvalue weighted by Crippen LogP contribution is 2.12. The molecule has 0 fully saturated rings. The van der Waals surface area contributed by atoms with Crippen molar-refractivity contribution in [1.29, 1.82) is 0 Å². The van der Waals surface area contributed by atoms with Crippen LogP contribution in [0.5, 0.6) is 0 Å². The number of nitrogens with one attached hydrogen (secondary N) is 1. The molecule has 25 heavy (non-hydrogen) atoms. The Bertz CT molecular complexity index is 754. The minimum atomic E-state index is -0.411. The van der Waals surface area contributed by atoms with E-state index in [1.54, 1.807) is 42.5 Å². The van der Waals surface area contributed by atoms with Gasteiger partial charge >= 0.3 is 5.97 Å². The standard InChI is InChI=1S/C20H20FNO3/c1-2-3-13-25-20(24)16-5-4-6-18(14-16)22-19(23)12-9-15-7-10-17(21)11-8-15/h4-12,14H,2-3,13H2,1H3,(H,22,23). The number of anilines is 1. The summed E-state index contributed by atoms with van der Waals surface area (Å²) >= 11 is 0. The van der Waals surface area contributed by atoms with Gasteiger partial charge in [0.05, 0.1) is 12.2 Å². The molecule has 0 saturated carbocycles. The maximum atomic E-state index is 12.8. The highest BCUT2D eigenvalue weighted by atomic mass is 19.1. The van der Waals surface area contributed by atoms with E-state index in [1.165, 1.54) is 18.2 Å². The van der Waals surface area contributed by atoms with Crippen LogP contribution in [-0.2, 0) is 9.53 Å². The molecule has 0 heterocycles. The molecule has 0 aliphatic carbocycles. The van der Waals surface area contributed by atoms with Crippen LogP contribution >= 0.6 is 0 Å². The third-order valence-corrected chi connectivity index (χ3v) is 3.39. The molecule has 1 amide bonds. The Kier molecular flexibility index (Phi) is 6.89. The van der Waals surface area contributed by atoms with Crippen LogP contribution in [0.3, 0.4) is 0 Å². The van der Waals surface area contributed by atoms with Crippen molar-refractivity contribution in [3.05, 3.63) is 71.6 Å². The second kappa shape index (κ2) is 9.37. The van der Waals surface area contributed by atoms with Crippen molar-refractivity contribution < 1.29 is 18.7 Å². The van der Waals surface area contributed by atoms with Crippen LogP contribution in [0.4, 0.5) is 10.1 Å². The minimum absolute atomic E-state index is 0.329. The van der Waals surface area contributed by atoms with E-state index in [0.29, 0.717) is 23.4 Å². The van der Waals surface area contributed by atoms with Crippen LogP contribution in [0.15, 0.2) is 54.6 Å². The third-order valence-electron chi connectivity index (χ3n) is 3.39. The van der Waals surface area contributed by atoms with Gasteiger partial charge in [0.25, 0.3) is 0 Å². The van der Waals surface area contributed by atoms with Gasteiger partial charge in [-0.15, -0.1) is 0 Å². The van der Waals surface area contributed by atoms with Crippen LogP contribution in [0, 0.1) is 5.82 Å². The average molecular weight is 341 g/mol. The van der Waals surface area contributed by atoms with Gasteiger partial charge in [-0.3, -0.25) is 4.79 Å². The molecule has 2 rings (SSSR count). The number of rotatable bonds is 7. The molecule has 130 valence electrons. The number of halogens is 1. The second-order valence-corrected chi connectivity index (χ2v) is 5.44. The van der Waals surface area contributed by atoms with E-state index in [-0.39, 0.29) is 11.7 Å². The van der Waals surface area contributed by atoms with Crippen LogP contribution in [0.2, 0.25) is 0 Å². The summed E-state index contributed by atoms with van der Waals surface area (Å²) in [6.45, 7) is 2.40. The Labute approximate surface area is 146 Å². The summed E-state index contributed by atoms with van der Waals surface area (Å²) in [6.07, 6.45) is 4.69. The molecule has 2 aromatic carbocycles. The zero-order valence-corrected chi connectivity index (χ0v) is 14.0. The second-order valence-electron chi connectivity index (χ2n) is 5.44. The quantitative estimate of drug-likeness (QED) is 0.460. The molecule has 5 heteroatoms. The number of esters is 1. The van der Waals surface area contributed by atoms with Gasteiger partial charge in [0.1, 0.15) is 5.82 Å². The first-order chi connectivity index (χ1) is 12.1. The first kappa shape index (κ1) is 18.4. The van der Waals surface area contributed by atoms with Gasteiger partial charge in [0.15, 0.2) is 0 Å². The SMILES string of the molecule is CCCCOC(=O)c1cccc(NC(=O)C=Cc2ccc(F)cc2)c1. The van der Waals surface area contributed by atoms with Crippen LogP contribution < -0.4 is 5.32 Å². The van der Waals surface area contributed by atoms with Crippen molar-refractivity contribution in [2.24, 2.45) is 0 Å². The van der Waals surface area contributed by atoms with E-state index in [4.69, 9.17) is 4.74 Å². The number of carbonyl (C=O) groups is 2. The van der Waals surface area contributed by atoms with E-state index in [1.807, 2.05) is 6.92 Å². The van der Waals surface area contributed by atoms with E-state index in [0.717, 1.165) is 12.8 Å². The Morgan fingerprint density at radius 1 is 1.16 bits per heavy atom. The Morgan fingerprint density at radius 2 is 1.92 bits per heavy atom. The fourth-order valence-corrected chi connectivity index (χ4v) is 2.05. The molecular formula is C20H20FNO3. The predicted molar refractivity (Wildman–Crippen MR) is 95.7 cm³/mol. The molecule has 0 spiro atoms. The van der Waals surface area contributed by atoms with Gasteiger partial charge in [0.2, 0.25) is 5.91 Å². The summed E-state index contributed by atoms with van der Waals surface area (Å²) in [4.78, 5) is 23.9. The average Bonchev–Trinajstić information content (AvgIpc) is 2.61.